The molecule has 6 heteroatoms. The Hall–Kier alpha value is -3.41. The molecule has 3 aromatic rings. The van der Waals surface area contributed by atoms with Crippen LogP contribution in [0.1, 0.15) is 50.6 Å². The van der Waals surface area contributed by atoms with Crippen LogP contribution in [-0.4, -0.2) is 44.8 Å². The van der Waals surface area contributed by atoms with E-state index in [9.17, 15) is 14.7 Å². The first-order valence-corrected chi connectivity index (χ1v) is 9.79. The first kappa shape index (κ1) is 18.9. The number of aromatic nitrogens is 2. The summed E-state index contributed by atoms with van der Waals surface area (Å²) in [6, 6.07) is 17.0. The summed E-state index contributed by atoms with van der Waals surface area (Å²) in [7, 11) is 0. The highest BCUT2D eigenvalue weighted by molar-refractivity contribution is 5.94. The van der Waals surface area contributed by atoms with Crippen molar-refractivity contribution in [1.29, 1.82) is 0 Å². The van der Waals surface area contributed by atoms with Crippen molar-refractivity contribution in [3.05, 3.63) is 89.2 Å². The maximum atomic E-state index is 13.0. The van der Waals surface area contributed by atoms with Crippen molar-refractivity contribution < 1.29 is 14.7 Å². The summed E-state index contributed by atoms with van der Waals surface area (Å²) in [5.41, 5.74) is 2.97. The van der Waals surface area contributed by atoms with Gasteiger partial charge in [-0.25, -0.2) is 4.79 Å². The van der Waals surface area contributed by atoms with Gasteiger partial charge in [-0.2, -0.15) is 5.10 Å². The number of amides is 1. The molecule has 1 saturated heterocycles. The zero-order chi connectivity index (χ0) is 20.2. The van der Waals surface area contributed by atoms with Crippen LogP contribution in [0.3, 0.4) is 0 Å². The summed E-state index contributed by atoms with van der Waals surface area (Å²) >= 11 is 0. The van der Waals surface area contributed by atoms with Gasteiger partial charge in [0.15, 0.2) is 0 Å². The summed E-state index contributed by atoms with van der Waals surface area (Å²) in [6.45, 7) is 1.92. The van der Waals surface area contributed by atoms with E-state index in [1.54, 1.807) is 35.3 Å². The number of aromatic carboxylic acids is 1. The van der Waals surface area contributed by atoms with Crippen molar-refractivity contribution in [2.45, 2.75) is 25.3 Å². The fraction of sp³-hybridized carbons (Fsp3) is 0.261. The van der Waals surface area contributed by atoms with E-state index in [0.717, 1.165) is 24.0 Å². The second kappa shape index (κ2) is 8.31. The Balaban J connectivity index is 1.45. The number of hydrogen-bond acceptors (Lipinski definition) is 3. The SMILES string of the molecule is O=C(O)c1cccc(C2CCCN(C(=O)c3cnn(Cc4ccccc4)c3)C2)c1. The molecular weight excluding hydrogens is 366 g/mol. The molecule has 1 amide bonds. The highest BCUT2D eigenvalue weighted by Gasteiger charge is 2.26. The number of nitrogens with zero attached hydrogens (tertiary/aromatic N) is 3. The summed E-state index contributed by atoms with van der Waals surface area (Å²) < 4.78 is 1.78. The number of hydrogen-bond donors (Lipinski definition) is 1. The number of carbonyl (C=O) groups excluding carboxylic acids is 1. The van der Waals surface area contributed by atoms with Crippen LogP contribution >= 0.6 is 0 Å². The zero-order valence-electron chi connectivity index (χ0n) is 16.1. The molecular formula is C23H23N3O3. The smallest absolute Gasteiger partial charge is 0.335 e. The van der Waals surface area contributed by atoms with Crippen LogP contribution in [-0.2, 0) is 6.54 Å². The van der Waals surface area contributed by atoms with Crippen LogP contribution < -0.4 is 0 Å². The molecule has 4 rings (SSSR count). The minimum atomic E-state index is -0.929. The molecule has 1 aromatic heterocycles. The van der Waals surface area contributed by atoms with Gasteiger partial charge in [0.25, 0.3) is 5.91 Å². The van der Waals surface area contributed by atoms with Crippen LogP contribution in [0.25, 0.3) is 0 Å². The lowest BCUT2D eigenvalue weighted by molar-refractivity contribution is 0.0687. The van der Waals surface area contributed by atoms with Gasteiger partial charge in [-0.3, -0.25) is 9.48 Å². The molecule has 0 aliphatic carbocycles. The molecule has 6 nitrogen and oxygen atoms in total. The number of piperidine rings is 1. The Morgan fingerprint density at radius 3 is 2.69 bits per heavy atom. The van der Waals surface area contributed by atoms with Crippen LogP contribution in [0.2, 0.25) is 0 Å². The molecule has 148 valence electrons. The Bertz CT molecular complexity index is 1010. The molecule has 2 heterocycles. The third-order valence-corrected chi connectivity index (χ3v) is 5.38. The summed E-state index contributed by atoms with van der Waals surface area (Å²) in [5, 5.41) is 13.6. The number of carboxylic acid groups (broad SMARTS) is 1. The van der Waals surface area contributed by atoms with Crippen LogP contribution in [0.15, 0.2) is 67.0 Å². The molecule has 1 aliphatic rings. The monoisotopic (exact) mass is 389 g/mol. The molecule has 1 N–H and O–H groups in total. The van der Waals surface area contributed by atoms with Crippen LogP contribution in [0.4, 0.5) is 0 Å². The topological polar surface area (TPSA) is 75.4 Å². The van der Waals surface area contributed by atoms with Crippen molar-refractivity contribution in [3.63, 3.8) is 0 Å². The van der Waals surface area contributed by atoms with Gasteiger partial charge >= 0.3 is 5.97 Å². The van der Waals surface area contributed by atoms with Gasteiger partial charge in [-0.15, -0.1) is 0 Å². The largest absolute Gasteiger partial charge is 0.478 e. The van der Waals surface area contributed by atoms with Crippen molar-refractivity contribution in [3.8, 4) is 0 Å². The standard InChI is InChI=1S/C23H23N3O3/c27-22(21-13-24-26(16-21)14-17-6-2-1-3-7-17)25-11-5-10-20(15-25)18-8-4-9-19(12-18)23(28)29/h1-4,6-9,12-13,16,20H,5,10-11,14-15H2,(H,28,29). The van der Waals surface area contributed by atoms with Crippen molar-refractivity contribution in [2.75, 3.05) is 13.1 Å². The number of benzene rings is 2. The predicted molar refractivity (Wildman–Crippen MR) is 109 cm³/mol. The molecule has 1 aliphatic heterocycles. The van der Waals surface area contributed by atoms with Gasteiger partial charge in [0.1, 0.15) is 0 Å². The maximum absolute atomic E-state index is 13.0. The van der Waals surface area contributed by atoms with Crippen molar-refractivity contribution >= 4 is 11.9 Å². The maximum Gasteiger partial charge on any atom is 0.335 e. The molecule has 0 spiro atoms. The first-order chi connectivity index (χ1) is 14.1. The normalized spacial score (nSPS) is 16.6. The zero-order valence-corrected chi connectivity index (χ0v) is 16.1. The third-order valence-electron chi connectivity index (χ3n) is 5.38. The highest BCUT2D eigenvalue weighted by atomic mass is 16.4. The minimum absolute atomic E-state index is 0.0246. The summed E-state index contributed by atoms with van der Waals surface area (Å²) in [4.78, 5) is 26.1. The van der Waals surface area contributed by atoms with E-state index in [4.69, 9.17) is 0 Å². The summed E-state index contributed by atoms with van der Waals surface area (Å²) in [5.74, 6) is -0.809. The predicted octanol–water partition coefficient (Wildman–Crippen LogP) is 3.65. The lowest BCUT2D eigenvalue weighted by Gasteiger charge is -2.33. The fourth-order valence-electron chi connectivity index (χ4n) is 3.87. The van der Waals surface area contributed by atoms with E-state index in [2.05, 4.69) is 5.10 Å². The number of rotatable bonds is 5. The number of likely N-dealkylation sites (tertiary alicyclic amines) is 1. The number of carbonyl (C=O) groups is 2. The molecule has 0 radical (unpaired) electrons. The van der Waals surface area contributed by atoms with E-state index in [1.165, 1.54) is 0 Å². The third kappa shape index (κ3) is 4.37. The Labute approximate surface area is 169 Å². The molecule has 1 unspecified atom stereocenters. The van der Waals surface area contributed by atoms with E-state index in [-0.39, 0.29) is 17.4 Å². The van der Waals surface area contributed by atoms with Gasteiger partial charge in [0.05, 0.1) is 23.9 Å². The molecule has 0 saturated carbocycles. The van der Waals surface area contributed by atoms with Crippen LogP contribution in [0.5, 0.6) is 0 Å². The minimum Gasteiger partial charge on any atom is -0.478 e. The van der Waals surface area contributed by atoms with Crippen molar-refractivity contribution in [2.24, 2.45) is 0 Å². The highest BCUT2D eigenvalue weighted by Crippen LogP contribution is 2.28. The Morgan fingerprint density at radius 1 is 1.07 bits per heavy atom. The van der Waals surface area contributed by atoms with Gasteiger partial charge < -0.3 is 10.0 Å². The van der Waals surface area contributed by atoms with E-state index in [0.29, 0.717) is 25.2 Å². The van der Waals surface area contributed by atoms with Crippen molar-refractivity contribution in [1.82, 2.24) is 14.7 Å². The van der Waals surface area contributed by atoms with E-state index in [1.807, 2.05) is 41.3 Å². The van der Waals surface area contributed by atoms with Gasteiger partial charge in [-0.1, -0.05) is 42.5 Å². The first-order valence-electron chi connectivity index (χ1n) is 9.79. The van der Waals surface area contributed by atoms with Gasteiger partial charge in [0, 0.05) is 25.2 Å². The average Bonchev–Trinajstić information content (AvgIpc) is 3.22. The molecule has 2 aromatic carbocycles. The Morgan fingerprint density at radius 2 is 1.90 bits per heavy atom. The molecule has 29 heavy (non-hydrogen) atoms. The second-order valence-electron chi connectivity index (χ2n) is 7.43. The molecule has 1 atom stereocenters. The lowest BCUT2D eigenvalue weighted by atomic mass is 9.89. The van der Waals surface area contributed by atoms with Crippen LogP contribution in [0, 0.1) is 0 Å². The summed E-state index contributed by atoms with van der Waals surface area (Å²) in [6.07, 6.45) is 5.26. The van der Waals surface area contributed by atoms with E-state index >= 15 is 0 Å². The molecule has 1 fully saturated rings. The van der Waals surface area contributed by atoms with Gasteiger partial charge in [0.2, 0.25) is 0 Å². The Kier molecular flexibility index (Phi) is 5.42. The fourth-order valence-corrected chi connectivity index (χ4v) is 3.87. The quantitative estimate of drug-likeness (QED) is 0.723. The lowest BCUT2D eigenvalue weighted by Crippen LogP contribution is -2.39. The van der Waals surface area contributed by atoms with Gasteiger partial charge in [-0.05, 0) is 36.1 Å². The van der Waals surface area contributed by atoms with E-state index < -0.39 is 5.97 Å². The molecule has 0 bridgehead atoms. The average molecular weight is 389 g/mol. The number of carboxylic acids is 1. The second-order valence-corrected chi connectivity index (χ2v) is 7.43.